The van der Waals surface area contributed by atoms with Crippen LogP contribution >= 0.6 is 11.3 Å². The van der Waals surface area contributed by atoms with Crippen molar-refractivity contribution in [3.63, 3.8) is 0 Å². The summed E-state index contributed by atoms with van der Waals surface area (Å²) in [4.78, 5) is 14.3. The molecule has 11 heteroatoms. The minimum Gasteiger partial charge on any atom is -0.390 e. The summed E-state index contributed by atoms with van der Waals surface area (Å²) in [5.41, 5.74) is 1.29. The number of aliphatic hydroxyl groups excluding tert-OH is 1. The Hall–Kier alpha value is -3.25. The standard InChI is InChI=1S/C24H25N5O4S2/c1-17-23(14-27-33-17)35(32)29(15-20-8-5-11-34-20)16-22(30)21(12-18-6-3-2-4-7-18)28-24(31)19-9-10-25-26-13-19/h2-11,13-14,21-22,30H,12,15-16H2,1H3,(H,28,31). The molecule has 3 unspecified atom stereocenters. The quantitative estimate of drug-likeness (QED) is 0.318. The summed E-state index contributed by atoms with van der Waals surface area (Å²) in [6, 6.07) is 14.4. The Morgan fingerprint density at radius 1 is 1.17 bits per heavy atom. The molecule has 0 radical (unpaired) electrons. The number of amides is 1. The van der Waals surface area contributed by atoms with Crippen LogP contribution in [-0.4, -0.2) is 53.6 Å². The van der Waals surface area contributed by atoms with E-state index in [1.54, 1.807) is 17.3 Å². The van der Waals surface area contributed by atoms with E-state index in [-0.39, 0.29) is 12.5 Å². The minimum atomic E-state index is -1.63. The number of aromatic nitrogens is 3. The Bertz CT molecular complexity index is 1240. The molecule has 3 atom stereocenters. The van der Waals surface area contributed by atoms with E-state index in [1.165, 1.54) is 29.9 Å². The predicted molar refractivity (Wildman–Crippen MR) is 132 cm³/mol. The zero-order valence-electron chi connectivity index (χ0n) is 19.0. The molecular weight excluding hydrogens is 486 g/mol. The lowest BCUT2D eigenvalue weighted by molar-refractivity contribution is 0.0783. The van der Waals surface area contributed by atoms with Crippen molar-refractivity contribution in [1.29, 1.82) is 0 Å². The van der Waals surface area contributed by atoms with Crippen LogP contribution in [0.5, 0.6) is 0 Å². The van der Waals surface area contributed by atoms with E-state index in [0.717, 1.165) is 10.4 Å². The molecule has 0 saturated heterocycles. The third kappa shape index (κ3) is 6.67. The van der Waals surface area contributed by atoms with E-state index >= 15 is 0 Å². The van der Waals surface area contributed by atoms with Gasteiger partial charge in [0.1, 0.15) is 15.9 Å². The predicted octanol–water partition coefficient (Wildman–Crippen LogP) is 2.76. The molecule has 0 spiro atoms. The molecule has 4 rings (SSSR count). The monoisotopic (exact) mass is 511 g/mol. The normalized spacial score (nSPS) is 13.9. The summed E-state index contributed by atoms with van der Waals surface area (Å²) < 4.78 is 20.2. The van der Waals surface area contributed by atoms with Crippen molar-refractivity contribution in [3.05, 3.63) is 94.3 Å². The number of aryl methyl sites for hydroxylation is 1. The Morgan fingerprint density at radius 3 is 2.66 bits per heavy atom. The van der Waals surface area contributed by atoms with Gasteiger partial charge in [0.05, 0.1) is 36.3 Å². The number of hydrogen-bond donors (Lipinski definition) is 2. The van der Waals surface area contributed by atoms with Crippen LogP contribution in [0, 0.1) is 6.92 Å². The van der Waals surface area contributed by atoms with Gasteiger partial charge >= 0.3 is 0 Å². The van der Waals surface area contributed by atoms with E-state index in [1.807, 2.05) is 47.8 Å². The van der Waals surface area contributed by atoms with Crippen molar-refractivity contribution in [2.24, 2.45) is 0 Å². The van der Waals surface area contributed by atoms with E-state index in [4.69, 9.17) is 4.52 Å². The lowest BCUT2D eigenvalue weighted by Crippen LogP contribution is -2.49. The largest absolute Gasteiger partial charge is 0.390 e. The second-order valence-electron chi connectivity index (χ2n) is 7.87. The van der Waals surface area contributed by atoms with Gasteiger partial charge in [-0.3, -0.25) is 4.79 Å². The maximum atomic E-state index is 13.4. The van der Waals surface area contributed by atoms with Gasteiger partial charge in [0.2, 0.25) is 0 Å². The molecule has 3 aromatic heterocycles. The molecule has 9 nitrogen and oxygen atoms in total. The third-order valence-corrected chi connectivity index (χ3v) is 7.74. The number of carbonyl (C=O) groups excluding carboxylic acids is 1. The van der Waals surface area contributed by atoms with Crippen LogP contribution in [-0.2, 0) is 24.0 Å². The van der Waals surface area contributed by atoms with Crippen LogP contribution in [0.25, 0.3) is 0 Å². The molecule has 4 aromatic rings. The molecular formula is C24H25N5O4S2. The summed E-state index contributed by atoms with van der Waals surface area (Å²) in [6.45, 7) is 2.09. The van der Waals surface area contributed by atoms with Crippen LogP contribution in [0.3, 0.4) is 0 Å². The number of thiophene rings is 1. The highest BCUT2D eigenvalue weighted by molar-refractivity contribution is 7.82. The first-order valence-electron chi connectivity index (χ1n) is 10.9. The SMILES string of the molecule is Cc1oncc1S(=O)N(Cc1cccs1)CC(O)C(Cc1ccccc1)NC(=O)c1ccnnc1. The molecule has 0 aliphatic heterocycles. The van der Waals surface area contributed by atoms with Crippen LogP contribution in [0.4, 0.5) is 0 Å². The summed E-state index contributed by atoms with van der Waals surface area (Å²) in [5.74, 6) is 0.0778. The maximum absolute atomic E-state index is 13.4. The summed E-state index contributed by atoms with van der Waals surface area (Å²) in [6.07, 6.45) is 3.59. The van der Waals surface area contributed by atoms with E-state index in [9.17, 15) is 14.1 Å². The number of aliphatic hydroxyl groups is 1. The Morgan fingerprint density at radius 2 is 2.00 bits per heavy atom. The van der Waals surface area contributed by atoms with Gasteiger partial charge in [0.25, 0.3) is 5.91 Å². The summed E-state index contributed by atoms with van der Waals surface area (Å²) in [5, 5.41) is 27.4. The number of rotatable bonds is 11. The highest BCUT2D eigenvalue weighted by Gasteiger charge is 2.29. The Balaban J connectivity index is 1.57. The van der Waals surface area contributed by atoms with Crippen LogP contribution < -0.4 is 5.32 Å². The van der Waals surface area contributed by atoms with E-state index in [0.29, 0.717) is 29.2 Å². The second-order valence-corrected chi connectivity index (χ2v) is 10.4. The fourth-order valence-electron chi connectivity index (χ4n) is 3.53. The number of benzene rings is 1. The van der Waals surface area contributed by atoms with Gasteiger partial charge in [-0.05, 0) is 36.4 Å². The smallest absolute Gasteiger partial charge is 0.253 e. The topological polar surface area (TPSA) is 121 Å². The number of nitrogens with zero attached hydrogens (tertiary/aromatic N) is 4. The number of carbonyl (C=O) groups is 1. The molecule has 182 valence electrons. The molecule has 0 aliphatic carbocycles. The molecule has 2 N–H and O–H groups in total. The fraction of sp³-hybridized carbons (Fsp3) is 0.250. The van der Waals surface area contributed by atoms with Crippen molar-refractivity contribution >= 4 is 28.2 Å². The first kappa shape index (κ1) is 24.9. The van der Waals surface area contributed by atoms with Crippen molar-refractivity contribution in [2.45, 2.75) is 36.9 Å². The molecule has 1 aromatic carbocycles. The molecule has 0 fully saturated rings. The van der Waals surface area contributed by atoms with Gasteiger partial charge < -0.3 is 14.9 Å². The average molecular weight is 512 g/mol. The van der Waals surface area contributed by atoms with Gasteiger partial charge in [0, 0.05) is 18.0 Å². The molecule has 1 amide bonds. The first-order valence-corrected chi connectivity index (χ1v) is 12.9. The second kappa shape index (κ2) is 11.9. The van der Waals surface area contributed by atoms with Crippen LogP contribution in [0.2, 0.25) is 0 Å². The molecule has 0 saturated carbocycles. The average Bonchev–Trinajstić information content (AvgIpc) is 3.55. The Kier molecular flexibility index (Phi) is 8.48. The van der Waals surface area contributed by atoms with E-state index in [2.05, 4.69) is 20.7 Å². The molecule has 0 aliphatic rings. The highest BCUT2D eigenvalue weighted by Crippen LogP contribution is 2.21. The lowest BCUT2D eigenvalue weighted by atomic mass is 10.0. The number of nitrogens with one attached hydrogen (secondary N) is 1. The van der Waals surface area contributed by atoms with Gasteiger partial charge in [-0.25, -0.2) is 8.51 Å². The van der Waals surface area contributed by atoms with Crippen LogP contribution in [0.15, 0.2) is 81.9 Å². The molecule has 3 heterocycles. The molecule has 0 bridgehead atoms. The van der Waals surface area contributed by atoms with Crippen molar-refractivity contribution < 1.29 is 18.6 Å². The fourth-order valence-corrected chi connectivity index (χ4v) is 5.57. The van der Waals surface area contributed by atoms with Gasteiger partial charge in [-0.1, -0.05) is 41.6 Å². The zero-order chi connectivity index (χ0) is 24.6. The van der Waals surface area contributed by atoms with E-state index < -0.39 is 23.1 Å². The van der Waals surface area contributed by atoms with Gasteiger partial charge in [-0.15, -0.1) is 11.3 Å². The van der Waals surface area contributed by atoms with Crippen molar-refractivity contribution in [1.82, 2.24) is 25.0 Å². The minimum absolute atomic E-state index is 0.0432. The highest BCUT2D eigenvalue weighted by atomic mass is 32.2. The number of hydrogen-bond acceptors (Lipinski definition) is 8. The first-order chi connectivity index (χ1) is 17.0. The summed E-state index contributed by atoms with van der Waals surface area (Å²) in [7, 11) is -1.63. The molecule has 35 heavy (non-hydrogen) atoms. The van der Waals surface area contributed by atoms with Gasteiger partial charge in [0.15, 0.2) is 5.76 Å². The zero-order valence-corrected chi connectivity index (χ0v) is 20.6. The van der Waals surface area contributed by atoms with Crippen molar-refractivity contribution in [3.8, 4) is 0 Å². The lowest BCUT2D eigenvalue weighted by Gasteiger charge is -2.29. The third-order valence-electron chi connectivity index (χ3n) is 5.36. The summed E-state index contributed by atoms with van der Waals surface area (Å²) >= 11 is 1.54. The van der Waals surface area contributed by atoms with Gasteiger partial charge in [-0.2, -0.15) is 10.2 Å². The Labute approximate surface area is 209 Å². The van der Waals surface area contributed by atoms with Crippen LogP contribution in [0.1, 0.15) is 26.6 Å². The van der Waals surface area contributed by atoms with Crippen molar-refractivity contribution in [2.75, 3.05) is 6.54 Å². The maximum Gasteiger partial charge on any atom is 0.253 e.